The van der Waals surface area contributed by atoms with Crippen molar-refractivity contribution < 1.29 is 24.0 Å². The van der Waals surface area contributed by atoms with E-state index >= 15 is 0 Å². The molecule has 1 fully saturated rings. The highest BCUT2D eigenvalue weighted by atomic mass is 16.5. The van der Waals surface area contributed by atoms with E-state index < -0.39 is 0 Å². The Kier molecular flexibility index (Phi) is 7.74. The predicted octanol–water partition coefficient (Wildman–Crippen LogP) is -1.90. The molecule has 0 aliphatic carbocycles. The Morgan fingerprint density at radius 2 is 1.95 bits per heavy atom. The van der Waals surface area contributed by atoms with Gasteiger partial charge >= 0.3 is 5.97 Å². The maximum atomic E-state index is 11.8. The third-order valence-corrected chi connectivity index (χ3v) is 3.47. The SMILES string of the molecule is CCNC(=O)CNC(=O)C[NH+]1CCC[C@@H](C(=O)OCC)C1. The summed E-state index contributed by atoms with van der Waals surface area (Å²) in [7, 11) is 0. The van der Waals surface area contributed by atoms with Gasteiger partial charge in [-0.3, -0.25) is 14.4 Å². The van der Waals surface area contributed by atoms with Crippen molar-refractivity contribution in [1.29, 1.82) is 0 Å². The Balaban J connectivity index is 2.31. The minimum Gasteiger partial charge on any atom is -0.466 e. The third-order valence-electron chi connectivity index (χ3n) is 3.47. The number of piperidine rings is 1. The summed E-state index contributed by atoms with van der Waals surface area (Å²) in [4.78, 5) is 35.8. The van der Waals surface area contributed by atoms with Gasteiger partial charge < -0.3 is 20.3 Å². The van der Waals surface area contributed by atoms with Gasteiger partial charge in [0.05, 0.1) is 26.2 Å². The van der Waals surface area contributed by atoms with Crippen LogP contribution in [0.4, 0.5) is 0 Å². The number of likely N-dealkylation sites (tertiary alicyclic amines) is 1. The summed E-state index contributed by atoms with van der Waals surface area (Å²) in [6.45, 7) is 6.33. The molecule has 1 aliphatic rings. The topological polar surface area (TPSA) is 88.9 Å². The van der Waals surface area contributed by atoms with Gasteiger partial charge in [-0.15, -0.1) is 0 Å². The third kappa shape index (κ3) is 6.57. The lowest BCUT2D eigenvalue weighted by molar-refractivity contribution is -0.899. The zero-order valence-electron chi connectivity index (χ0n) is 12.9. The van der Waals surface area contributed by atoms with Crippen LogP contribution in [0.25, 0.3) is 0 Å². The van der Waals surface area contributed by atoms with Crippen molar-refractivity contribution in [3.05, 3.63) is 0 Å². The molecule has 0 aromatic carbocycles. The van der Waals surface area contributed by atoms with Gasteiger partial charge in [-0.2, -0.15) is 0 Å². The summed E-state index contributed by atoms with van der Waals surface area (Å²) in [5, 5.41) is 5.21. The molecule has 0 aromatic heterocycles. The first-order valence-electron chi connectivity index (χ1n) is 7.60. The monoisotopic (exact) mass is 300 g/mol. The van der Waals surface area contributed by atoms with Crippen LogP contribution >= 0.6 is 0 Å². The Hall–Kier alpha value is -1.63. The Bertz CT molecular complexity index is 373. The molecule has 0 spiro atoms. The van der Waals surface area contributed by atoms with Crippen LogP contribution in [0.15, 0.2) is 0 Å². The number of nitrogens with one attached hydrogen (secondary N) is 3. The zero-order chi connectivity index (χ0) is 15.7. The molecule has 2 amide bonds. The van der Waals surface area contributed by atoms with Crippen molar-refractivity contribution >= 4 is 17.8 Å². The number of quaternary nitrogens is 1. The van der Waals surface area contributed by atoms with E-state index in [0.29, 0.717) is 19.7 Å². The quantitative estimate of drug-likeness (QED) is 0.479. The summed E-state index contributed by atoms with van der Waals surface area (Å²) in [5.74, 6) is -0.646. The molecule has 1 aliphatic heterocycles. The number of carbonyl (C=O) groups is 3. The fraction of sp³-hybridized carbons (Fsp3) is 0.786. The van der Waals surface area contributed by atoms with Crippen molar-refractivity contribution in [2.45, 2.75) is 26.7 Å². The normalized spacial score (nSPS) is 21.4. The molecule has 3 N–H and O–H groups in total. The smallest absolute Gasteiger partial charge is 0.314 e. The van der Waals surface area contributed by atoms with E-state index in [1.54, 1.807) is 6.92 Å². The molecule has 1 heterocycles. The van der Waals surface area contributed by atoms with E-state index in [4.69, 9.17) is 4.74 Å². The van der Waals surface area contributed by atoms with Gasteiger partial charge in [-0.1, -0.05) is 0 Å². The Morgan fingerprint density at radius 3 is 2.62 bits per heavy atom. The maximum Gasteiger partial charge on any atom is 0.314 e. The summed E-state index contributed by atoms with van der Waals surface area (Å²) < 4.78 is 5.03. The van der Waals surface area contributed by atoms with E-state index in [1.807, 2.05) is 6.92 Å². The molecule has 1 unspecified atom stereocenters. The summed E-state index contributed by atoms with van der Waals surface area (Å²) >= 11 is 0. The second-order valence-corrected chi connectivity index (χ2v) is 5.20. The Labute approximate surface area is 125 Å². The van der Waals surface area contributed by atoms with Crippen LogP contribution in [0.5, 0.6) is 0 Å². The largest absolute Gasteiger partial charge is 0.466 e. The zero-order valence-corrected chi connectivity index (χ0v) is 12.9. The van der Waals surface area contributed by atoms with Crippen molar-refractivity contribution in [2.24, 2.45) is 5.92 Å². The highest BCUT2D eigenvalue weighted by molar-refractivity contribution is 5.85. The molecule has 120 valence electrons. The van der Waals surface area contributed by atoms with E-state index in [0.717, 1.165) is 24.3 Å². The molecule has 0 bridgehead atoms. The molecule has 2 atom stereocenters. The van der Waals surface area contributed by atoms with Gasteiger partial charge in [0.1, 0.15) is 5.92 Å². The second-order valence-electron chi connectivity index (χ2n) is 5.20. The average molecular weight is 300 g/mol. The van der Waals surface area contributed by atoms with Crippen molar-refractivity contribution in [3.8, 4) is 0 Å². The molecule has 0 radical (unpaired) electrons. The van der Waals surface area contributed by atoms with Crippen molar-refractivity contribution in [3.63, 3.8) is 0 Å². The highest BCUT2D eigenvalue weighted by Gasteiger charge is 2.30. The minimum absolute atomic E-state index is 0.00125. The van der Waals surface area contributed by atoms with Crippen LogP contribution in [0.3, 0.4) is 0 Å². The minimum atomic E-state index is -0.191. The maximum absolute atomic E-state index is 11.8. The molecule has 21 heavy (non-hydrogen) atoms. The first-order valence-corrected chi connectivity index (χ1v) is 7.60. The van der Waals surface area contributed by atoms with E-state index in [1.165, 1.54) is 0 Å². The molecule has 1 rings (SSSR count). The van der Waals surface area contributed by atoms with Crippen LogP contribution < -0.4 is 15.5 Å². The highest BCUT2D eigenvalue weighted by Crippen LogP contribution is 2.09. The lowest BCUT2D eigenvalue weighted by Crippen LogP contribution is -3.14. The molecular weight excluding hydrogens is 274 g/mol. The van der Waals surface area contributed by atoms with E-state index in [2.05, 4.69) is 10.6 Å². The number of esters is 1. The van der Waals surface area contributed by atoms with Crippen LogP contribution in [-0.2, 0) is 19.1 Å². The number of ether oxygens (including phenoxy) is 1. The van der Waals surface area contributed by atoms with Crippen LogP contribution in [-0.4, -0.2) is 57.1 Å². The molecule has 7 heteroatoms. The fourth-order valence-corrected chi connectivity index (χ4v) is 2.50. The average Bonchev–Trinajstić information content (AvgIpc) is 2.46. The van der Waals surface area contributed by atoms with Crippen molar-refractivity contribution in [1.82, 2.24) is 10.6 Å². The predicted molar refractivity (Wildman–Crippen MR) is 76.6 cm³/mol. The molecular formula is C14H26N3O4+. The fourth-order valence-electron chi connectivity index (χ4n) is 2.50. The number of hydrogen-bond acceptors (Lipinski definition) is 4. The summed E-state index contributed by atoms with van der Waals surface area (Å²) in [6.07, 6.45) is 1.73. The number of rotatable bonds is 7. The van der Waals surface area contributed by atoms with E-state index in [-0.39, 0.29) is 36.8 Å². The Morgan fingerprint density at radius 1 is 1.19 bits per heavy atom. The molecule has 7 nitrogen and oxygen atoms in total. The second kappa shape index (κ2) is 9.33. The first kappa shape index (κ1) is 17.4. The molecule has 0 saturated carbocycles. The van der Waals surface area contributed by atoms with Crippen molar-refractivity contribution in [2.75, 3.05) is 39.3 Å². The number of amides is 2. The molecule has 1 saturated heterocycles. The lowest BCUT2D eigenvalue weighted by atomic mass is 9.98. The van der Waals surface area contributed by atoms with Gasteiger partial charge in [0.15, 0.2) is 6.54 Å². The van der Waals surface area contributed by atoms with Crippen LogP contribution in [0.2, 0.25) is 0 Å². The van der Waals surface area contributed by atoms with Gasteiger partial charge in [-0.05, 0) is 26.7 Å². The van der Waals surface area contributed by atoms with E-state index in [9.17, 15) is 14.4 Å². The van der Waals surface area contributed by atoms with Gasteiger partial charge in [0.2, 0.25) is 5.91 Å². The number of carbonyl (C=O) groups excluding carboxylic acids is 3. The first-order chi connectivity index (χ1) is 10.1. The molecule has 0 aromatic rings. The summed E-state index contributed by atoms with van der Waals surface area (Å²) in [6, 6.07) is 0. The standard InChI is InChI=1S/C14H25N3O4/c1-3-15-12(18)8-16-13(19)10-17-7-5-6-11(9-17)14(20)21-4-2/h11H,3-10H2,1-2H3,(H,15,18)(H,16,19)/p+1/t11-/m1/s1. The van der Waals surface area contributed by atoms with Crippen LogP contribution in [0.1, 0.15) is 26.7 Å². The van der Waals surface area contributed by atoms with Gasteiger partial charge in [-0.25, -0.2) is 0 Å². The van der Waals surface area contributed by atoms with Gasteiger partial charge in [0.25, 0.3) is 5.91 Å². The summed E-state index contributed by atoms with van der Waals surface area (Å²) in [5.41, 5.74) is 0. The lowest BCUT2D eigenvalue weighted by Gasteiger charge is -2.28. The van der Waals surface area contributed by atoms with Gasteiger partial charge in [0, 0.05) is 6.54 Å². The number of likely N-dealkylation sites (N-methyl/N-ethyl adjacent to an activating group) is 1. The van der Waals surface area contributed by atoms with Crippen LogP contribution in [0, 0.1) is 5.92 Å². The number of hydrogen-bond donors (Lipinski definition) is 3.